The van der Waals surface area contributed by atoms with E-state index in [4.69, 9.17) is 5.26 Å². The van der Waals surface area contributed by atoms with E-state index < -0.39 is 0 Å². The van der Waals surface area contributed by atoms with E-state index in [9.17, 15) is 0 Å². The van der Waals surface area contributed by atoms with Crippen LogP contribution in [0.1, 0.15) is 29.4 Å². The fraction of sp³-hybridized carbons (Fsp3) is 0.250. The Kier molecular flexibility index (Phi) is 1.72. The monoisotopic (exact) mass is 293 g/mol. The molecule has 14 heavy (non-hydrogen) atoms. The maximum absolute atomic E-state index is 8.95. The van der Waals surface area contributed by atoms with Crippen molar-refractivity contribution in [2.24, 2.45) is 0 Å². The van der Waals surface area contributed by atoms with E-state index in [0.29, 0.717) is 11.8 Å². The number of hydrogen-bond acceptors (Lipinski definition) is 1. The van der Waals surface area contributed by atoms with Crippen LogP contribution in [0.2, 0.25) is 0 Å². The van der Waals surface area contributed by atoms with Crippen LogP contribution in [-0.2, 0) is 0 Å². The summed E-state index contributed by atoms with van der Waals surface area (Å²) in [4.78, 5) is 0. The summed E-state index contributed by atoms with van der Waals surface area (Å²) in [6.07, 6.45) is 3.27. The first-order valence-electron chi connectivity index (χ1n) is 4.71. The molecule has 0 radical (unpaired) electrons. The Hall–Kier alpha value is -0.820. The van der Waals surface area contributed by atoms with Gasteiger partial charge in [0.05, 0.1) is 6.07 Å². The summed E-state index contributed by atoms with van der Waals surface area (Å²) in [6.45, 7) is 0. The van der Waals surface area contributed by atoms with E-state index in [2.05, 4.69) is 52.9 Å². The number of halogens is 1. The molecule has 2 aliphatic rings. The molecule has 2 bridgehead atoms. The molecule has 2 aliphatic carbocycles. The lowest BCUT2D eigenvalue weighted by Crippen LogP contribution is -1.97. The molecule has 0 aromatic heterocycles. The van der Waals surface area contributed by atoms with E-state index in [1.807, 2.05) is 0 Å². The van der Waals surface area contributed by atoms with Crippen molar-refractivity contribution in [3.63, 3.8) is 0 Å². The molecule has 2 atom stereocenters. The van der Waals surface area contributed by atoms with Gasteiger partial charge in [-0.1, -0.05) is 12.1 Å². The maximum Gasteiger partial charge on any atom is 0.0950 e. The number of nitrogens with zero attached hydrogens (tertiary/aromatic N) is 1. The van der Waals surface area contributed by atoms with E-state index in [-0.39, 0.29) is 0 Å². The highest BCUT2D eigenvalue weighted by Crippen LogP contribution is 2.52. The van der Waals surface area contributed by atoms with Gasteiger partial charge in [-0.2, -0.15) is 5.26 Å². The fourth-order valence-electron chi connectivity index (χ4n) is 2.59. The molecule has 0 heterocycles. The van der Waals surface area contributed by atoms with Gasteiger partial charge in [-0.05, 0) is 52.3 Å². The third-order valence-electron chi connectivity index (χ3n) is 3.20. The summed E-state index contributed by atoms with van der Waals surface area (Å²) in [6, 6.07) is 8.89. The van der Waals surface area contributed by atoms with E-state index in [0.717, 1.165) is 12.0 Å². The topological polar surface area (TPSA) is 23.8 Å². The summed E-state index contributed by atoms with van der Waals surface area (Å²) in [5.74, 6) is 0.913. The Morgan fingerprint density at radius 3 is 3.00 bits per heavy atom. The van der Waals surface area contributed by atoms with Gasteiger partial charge in [0.15, 0.2) is 0 Å². The summed E-state index contributed by atoms with van der Waals surface area (Å²) in [7, 11) is 0. The van der Waals surface area contributed by atoms with Crippen molar-refractivity contribution in [2.45, 2.75) is 18.3 Å². The average molecular weight is 293 g/mol. The second-order valence-electron chi connectivity index (χ2n) is 3.90. The number of rotatable bonds is 0. The molecule has 3 rings (SSSR count). The van der Waals surface area contributed by atoms with Crippen molar-refractivity contribution in [2.75, 3.05) is 0 Å². The smallest absolute Gasteiger partial charge is 0.0950 e. The van der Waals surface area contributed by atoms with Gasteiger partial charge >= 0.3 is 0 Å². The molecule has 2 unspecified atom stereocenters. The van der Waals surface area contributed by atoms with Gasteiger partial charge < -0.3 is 0 Å². The highest BCUT2D eigenvalue weighted by Gasteiger charge is 2.37. The Labute approximate surface area is 96.6 Å². The van der Waals surface area contributed by atoms with Gasteiger partial charge in [0.2, 0.25) is 0 Å². The molecule has 1 aromatic carbocycles. The Morgan fingerprint density at radius 2 is 2.21 bits per heavy atom. The number of benzene rings is 1. The first kappa shape index (κ1) is 8.49. The molecule has 0 aliphatic heterocycles. The Bertz CT molecular complexity index is 482. The molecule has 0 saturated carbocycles. The van der Waals surface area contributed by atoms with Crippen molar-refractivity contribution >= 4 is 22.6 Å². The predicted molar refractivity (Wildman–Crippen MR) is 63.0 cm³/mol. The normalized spacial score (nSPS) is 27.0. The van der Waals surface area contributed by atoms with E-state index in [1.165, 1.54) is 14.7 Å². The largest absolute Gasteiger partial charge is 0.193 e. The summed E-state index contributed by atoms with van der Waals surface area (Å²) >= 11 is 2.34. The highest BCUT2D eigenvalue weighted by molar-refractivity contribution is 14.1. The molecule has 0 N–H and O–H groups in total. The van der Waals surface area contributed by atoms with Gasteiger partial charge in [-0.3, -0.25) is 0 Å². The number of fused-ring (bicyclic) bond motifs is 5. The minimum atomic E-state index is 0.400. The van der Waals surface area contributed by atoms with Crippen molar-refractivity contribution in [3.8, 4) is 6.07 Å². The SMILES string of the molecule is N#CC1=CC2CC1c1ccc(I)cc12. The second kappa shape index (κ2) is 2.83. The van der Waals surface area contributed by atoms with Crippen molar-refractivity contribution < 1.29 is 0 Å². The minimum absolute atomic E-state index is 0.400. The van der Waals surface area contributed by atoms with Crippen LogP contribution in [0.25, 0.3) is 0 Å². The molecule has 68 valence electrons. The summed E-state index contributed by atoms with van der Waals surface area (Å²) < 4.78 is 1.29. The first-order chi connectivity index (χ1) is 6.79. The zero-order chi connectivity index (χ0) is 9.71. The Balaban J connectivity index is 2.17. The molecule has 0 saturated heterocycles. The third-order valence-corrected chi connectivity index (χ3v) is 3.87. The van der Waals surface area contributed by atoms with Crippen LogP contribution in [0, 0.1) is 14.9 Å². The second-order valence-corrected chi connectivity index (χ2v) is 5.15. The quantitative estimate of drug-likeness (QED) is 0.673. The maximum atomic E-state index is 8.95. The van der Waals surface area contributed by atoms with Crippen molar-refractivity contribution in [1.29, 1.82) is 5.26 Å². The summed E-state index contributed by atoms with van der Waals surface area (Å²) in [5, 5.41) is 8.95. The van der Waals surface area contributed by atoms with Crippen LogP contribution in [0.5, 0.6) is 0 Å². The van der Waals surface area contributed by atoms with E-state index >= 15 is 0 Å². The third kappa shape index (κ3) is 0.992. The van der Waals surface area contributed by atoms with Gasteiger partial charge in [-0.25, -0.2) is 0 Å². The fourth-order valence-corrected chi connectivity index (χ4v) is 3.11. The zero-order valence-corrected chi connectivity index (χ0v) is 9.65. The van der Waals surface area contributed by atoms with Crippen LogP contribution in [-0.4, -0.2) is 0 Å². The lowest BCUT2D eigenvalue weighted by molar-refractivity contribution is 0.794. The molecular formula is C12H8IN. The zero-order valence-electron chi connectivity index (χ0n) is 7.50. The van der Waals surface area contributed by atoms with Gasteiger partial charge in [-0.15, -0.1) is 0 Å². The standard InChI is InChI=1S/C12H8IN/c13-9-1-2-10-11-4-7(12(10)5-9)3-8(11)6-14/h1-3,5,7,11H,4H2. The molecule has 0 fully saturated rings. The van der Waals surface area contributed by atoms with Crippen molar-refractivity contribution in [3.05, 3.63) is 44.5 Å². The minimum Gasteiger partial charge on any atom is -0.193 e. The van der Waals surface area contributed by atoms with Crippen molar-refractivity contribution in [1.82, 2.24) is 0 Å². The Morgan fingerprint density at radius 1 is 1.36 bits per heavy atom. The van der Waals surface area contributed by atoms with Gasteiger partial charge in [0, 0.05) is 21.0 Å². The van der Waals surface area contributed by atoms with Crippen LogP contribution in [0.15, 0.2) is 29.8 Å². The van der Waals surface area contributed by atoms with Gasteiger partial charge in [0.1, 0.15) is 0 Å². The van der Waals surface area contributed by atoms with Crippen LogP contribution in [0.4, 0.5) is 0 Å². The molecule has 1 aromatic rings. The number of hydrogen-bond donors (Lipinski definition) is 0. The first-order valence-corrected chi connectivity index (χ1v) is 5.78. The van der Waals surface area contributed by atoms with Crippen LogP contribution < -0.4 is 0 Å². The molecular weight excluding hydrogens is 285 g/mol. The number of nitriles is 1. The van der Waals surface area contributed by atoms with E-state index in [1.54, 1.807) is 0 Å². The molecule has 2 heteroatoms. The van der Waals surface area contributed by atoms with Gasteiger partial charge in [0.25, 0.3) is 0 Å². The van der Waals surface area contributed by atoms with Crippen LogP contribution in [0.3, 0.4) is 0 Å². The predicted octanol–water partition coefficient (Wildman–Crippen LogP) is 3.33. The molecule has 0 amide bonds. The lowest BCUT2D eigenvalue weighted by Gasteiger charge is -2.12. The lowest BCUT2D eigenvalue weighted by atomic mass is 9.92. The molecule has 0 spiro atoms. The van der Waals surface area contributed by atoms with Crippen LogP contribution >= 0.6 is 22.6 Å². The average Bonchev–Trinajstić information content (AvgIpc) is 2.74. The number of allylic oxidation sites excluding steroid dienone is 2. The molecule has 1 nitrogen and oxygen atoms in total. The summed E-state index contributed by atoms with van der Waals surface area (Å²) in [5.41, 5.74) is 3.80. The highest BCUT2D eigenvalue weighted by atomic mass is 127.